The van der Waals surface area contributed by atoms with Gasteiger partial charge in [0.15, 0.2) is 0 Å². The molecule has 5 rings (SSSR count). The lowest BCUT2D eigenvalue weighted by molar-refractivity contribution is -0.122. The average molecular weight is 454 g/mol. The Balaban J connectivity index is 1.57. The summed E-state index contributed by atoms with van der Waals surface area (Å²) in [4.78, 5) is 41.6. The fourth-order valence-corrected chi connectivity index (χ4v) is 4.28. The van der Waals surface area contributed by atoms with Crippen LogP contribution in [0.3, 0.4) is 0 Å². The summed E-state index contributed by atoms with van der Waals surface area (Å²) in [5.41, 5.74) is 2.55. The van der Waals surface area contributed by atoms with E-state index < -0.39 is 29.7 Å². The maximum atomic E-state index is 13.6. The van der Waals surface area contributed by atoms with Gasteiger partial charge in [0.05, 0.1) is 18.5 Å². The molecule has 2 aliphatic rings. The first-order valence-corrected chi connectivity index (χ1v) is 10.8. The molecule has 8 heteroatoms. The van der Waals surface area contributed by atoms with Crippen LogP contribution in [0.15, 0.2) is 84.0 Å². The minimum Gasteiger partial charge on any atom is -0.495 e. The minimum absolute atomic E-state index is 0.00910. The minimum atomic E-state index is -1.05. The normalized spacial score (nSPS) is 19.2. The molecule has 0 radical (unpaired) electrons. The zero-order chi connectivity index (χ0) is 23.8. The number of amides is 3. The molecule has 0 unspecified atom stereocenters. The number of carbonyl (C=O) groups excluding carboxylic acids is 3. The Morgan fingerprint density at radius 3 is 2.29 bits per heavy atom. The molecule has 0 aliphatic carbocycles. The molecule has 170 valence electrons. The Hall–Kier alpha value is -4.46. The SMILES string of the molecule is COc1ccccc1N1C(=O)[C@@H]2C(C(=O)Nc3ccccc3)=NN(c3ccc(C)cc3)[C@H]2C1=O. The molecule has 1 saturated heterocycles. The third-order valence-electron chi connectivity index (χ3n) is 5.94. The van der Waals surface area contributed by atoms with Gasteiger partial charge in [0, 0.05) is 5.69 Å². The van der Waals surface area contributed by atoms with Crippen molar-refractivity contribution in [2.75, 3.05) is 22.3 Å². The monoisotopic (exact) mass is 454 g/mol. The lowest BCUT2D eigenvalue weighted by Gasteiger charge is -2.23. The van der Waals surface area contributed by atoms with Crippen LogP contribution < -0.4 is 20.0 Å². The number of para-hydroxylation sites is 3. The second-order valence-corrected chi connectivity index (χ2v) is 8.09. The Kier molecular flexibility index (Phi) is 5.33. The van der Waals surface area contributed by atoms with Crippen molar-refractivity contribution < 1.29 is 19.1 Å². The van der Waals surface area contributed by atoms with E-state index in [0.717, 1.165) is 10.5 Å². The van der Waals surface area contributed by atoms with E-state index in [2.05, 4.69) is 10.4 Å². The summed E-state index contributed by atoms with van der Waals surface area (Å²) in [7, 11) is 1.48. The van der Waals surface area contributed by atoms with Gasteiger partial charge in [-0.3, -0.25) is 19.4 Å². The van der Waals surface area contributed by atoms with Crippen molar-refractivity contribution >= 4 is 40.5 Å². The fraction of sp³-hybridized carbons (Fsp3) is 0.154. The topological polar surface area (TPSA) is 91.3 Å². The highest BCUT2D eigenvalue weighted by Gasteiger charge is 2.59. The van der Waals surface area contributed by atoms with Crippen LogP contribution in [-0.4, -0.2) is 36.6 Å². The second-order valence-electron chi connectivity index (χ2n) is 8.09. The van der Waals surface area contributed by atoms with Crippen molar-refractivity contribution in [1.82, 2.24) is 0 Å². The molecule has 2 aliphatic heterocycles. The summed E-state index contributed by atoms with van der Waals surface area (Å²) in [5, 5.41) is 8.74. The van der Waals surface area contributed by atoms with Gasteiger partial charge in [-0.15, -0.1) is 0 Å². The molecule has 8 nitrogen and oxygen atoms in total. The number of imide groups is 1. The lowest BCUT2D eigenvalue weighted by atomic mass is 9.97. The van der Waals surface area contributed by atoms with Crippen molar-refractivity contribution in [2.24, 2.45) is 11.0 Å². The molecule has 1 N–H and O–H groups in total. The van der Waals surface area contributed by atoms with Gasteiger partial charge in [-0.25, -0.2) is 4.90 Å². The molecule has 0 aromatic heterocycles. The molecule has 34 heavy (non-hydrogen) atoms. The zero-order valence-corrected chi connectivity index (χ0v) is 18.6. The van der Waals surface area contributed by atoms with E-state index in [1.54, 1.807) is 48.5 Å². The first-order chi connectivity index (χ1) is 16.5. The number of methoxy groups -OCH3 is 1. The number of ether oxygens (including phenoxy) is 1. The van der Waals surface area contributed by atoms with Crippen molar-refractivity contribution in [3.8, 4) is 5.75 Å². The number of nitrogens with one attached hydrogen (secondary N) is 1. The zero-order valence-electron chi connectivity index (χ0n) is 18.6. The van der Waals surface area contributed by atoms with Gasteiger partial charge < -0.3 is 10.1 Å². The summed E-state index contributed by atoms with van der Waals surface area (Å²) in [5.74, 6) is -2.18. The first kappa shape index (κ1) is 21.4. The van der Waals surface area contributed by atoms with Crippen LogP contribution in [0.5, 0.6) is 5.75 Å². The van der Waals surface area contributed by atoms with E-state index >= 15 is 0 Å². The van der Waals surface area contributed by atoms with Gasteiger partial charge in [-0.05, 0) is 43.3 Å². The highest BCUT2D eigenvalue weighted by atomic mass is 16.5. The van der Waals surface area contributed by atoms with E-state index in [0.29, 0.717) is 22.8 Å². The highest BCUT2D eigenvalue weighted by Crippen LogP contribution is 2.40. The van der Waals surface area contributed by atoms with Gasteiger partial charge in [0.1, 0.15) is 23.4 Å². The van der Waals surface area contributed by atoms with Crippen LogP contribution in [0.4, 0.5) is 17.1 Å². The van der Waals surface area contributed by atoms with E-state index in [1.165, 1.54) is 12.1 Å². The van der Waals surface area contributed by atoms with E-state index in [1.807, 2.05) is 37.3 Å². The lowest BCUT2D eigenvalue weighted by Crippen LogP contribution is -2.39. The Morgan fingerprint density at radius 2 is 1.59 bits per heavy atom. The van der Waals surface area contributed by atoms with Crippen LogP contribution in [0.25, 0.3) is 0 Å². The number of hydrogen-bond donors (Lipinski definition) is 1. The Bertz CT molecular complexity index is 1300. The summed E-state index contributed by atoms with van der Waals surface area (Å²) < 4.78 is 5.39. The number of nitrogens with zero attached hydrogens (tertiary/aromatic N) is 3. The van der Waals surface area contributed by atoms with Crippen LogP contribution in [0.1, 0.15) is 5.56 Å². The Labute approximate surface area is 196 Å². The number of rotatable bonds is 5. The number of anilines is 3. The van der Waals surface area contributed by atoms with E-state index in [-0.39, 0.29) is 5.71 Å². The highest BCUT2D eigenvalue weighted by molar-refractivity contribution is 6.51. The molecule has 3 aromatic rings. The largest absolute Gasteiger partial charge is 0.495 e. The second kappa shape index (κ2) is 8.47. The number of benzene rings is 3. The summed E-state index contributed by atoms with van der Waals surface area (Å²) in [6, 6.07) is 22.1. The van der Waals surface area contributed by atoms with Crippen molar-refractivity contribution in [2.45, 2.75) is 13.0 Å². The number of aryl methyl sites for hydroxylation is 1. The molecule has 3 aromatic carbocycles. The van der Waals surface area contributed by atoms with Crippen LogP contribution in [0, 0.1) is 12.8 Å². The van der Waals surface area contributed by atoms with Crippen LogP contribution in [0.2, 0.25) is 0 Å². The third kappa shape index (κ3) is 3.49. The van der Waals surface area contributed by atoms with Gasteiger partial charge in [-0.2, -0.15) is 5.10 Å². The van der Waals surface area contributed by atoms with Crippen molar-refractivity contribution in [3.05, 3.63) is 84.4 Å². The van der Waals surface area contributed by atoms with E-state index in [4.69, 9.17) is 4.74 Å². The van der Waals surface area contributed by atoms with Crippen molar-refractivity contribution in [3.63, 3.8) is 0 Å². The van der Waals surface area contributed by atoms with Gasteiger partial charge in [0.2, 0.25) is 5.91 Å². The standard InChI is InChI=1S/C26H22N4O4/c1-16-12-14-18(15-13-16)30-23-21(22(28-30)24(31)27-17-8-4-3-5-9-17)25(32)29(26(23)33)19-10-6-7-11-20(19)34-2/h3-15,21,23H,1-2H3,(H,27,31)/t21-,23-/m1/s1. The third-order valence-corrected chi connectivity index (χ3v) is 5.94. The molecule has 1 fully saturated rings. The van der Waals surface area contributed by atoms with E-state index in [9.17, 15) is 14.4 Å². The molecule has 2 atom stereocenters. The van der Waals surface area contributed by atoms with Crippen LogP contribution in [-0.2, 0) is 14.4 Å². The van der Waals surface area contributed by atoms with Gasteiger partial charge >= 0.3 is 0 Å². The van der Waals surface area contributed by atoms with Gasteiger partial charge in [0.25, 0.3) is 11.8 Å². The smallest absolute Gasteiger partial charge is 0.272 e. The fourth-order valence-electron chi connectivity index (χ4n) is 4.28. The van der Waals surface area contributed by atoms with Crippen LogP contribution >= 0.6 is 0 Å². The molecule has 0 spiro atoms. The van der Waals surface area contributed by atoms with Gasteiger partial charge in [-0.1, -0.05) is 48.0 Å². The molecular formula is C26H22N4O4. The molecule has 0 bridgehead atoms. The quantitative estimate of drug-likeness (QED) is 0.597. The average Bonchev–Trinajstić information content (AvgIpc) is 3.37. The first-order valence-electron chi connectivity index (χ1n) is 10.8. The number of carbonyl (C=O) groups is 3. The number of hydrazone groups is 1. The predicted molar refractivity (Wildman–Crippen MR) is 129 cm³/mol. The number of fused-ring (bicyclic) bond motifs is 1. The molecule has 2 heterocycles. The summed E-state index contributed by atoms with van der Waals surface area (Å²) in [6.45, 7) is 1.95. The summed E-state index contributed by atoms with van der Waals surface area (Å²) >= 11 is 0. The van der Waals surface area contributed by atoms with Crippen molar-refractivity contribution in [1.29, 1.82) is 0 Å². The summed E-state index contributed by atoms with van der Waals surface area (Å²) in [6.07, 6.45) is 0. The molecule has 0 saturated carbocycles. The molecule has 3 amide bonds. The molecular weight excluding hydrogens is 432 g/mol. The Morgan fingerprint density at radius 1 is 0.912 bits per heavy atom. The maximum Gasteiger partial charge on any atom is 0.272 e. The maximum absolute atomic E-state index is 13.6. The predicted octanol–water partition coefficient (Wildman–Crippen LogP) is 3.38. The number of hydrogen-bond acceptors (Lipinski definition) is 6.